The number of esters is 1. The monoisotopic (exact) mass is 398 g/mol. The number of piperazine rings is 1. The molecule has 0 unspecified atom stereocenters. The van der Waals surface area contributed by atoms with E-state index in [9.17, 15) is 14.0 Å². The number of anilines is 1. The summed E-state index contributed by atoms with van der Waals surface area (Å²) in [4.78, 5) is 28.1. The standard InChI is InChI=1S/C23H27FN2O3/c1-17(2)15-18-7-9-19(10-8-18)23(28)29-16-22(27)26-13-11-25(12-14-26)21-6-4-3-5-20(21)24/h3-10,17H,11-16H2,1-2H3. The molecule has 6 heteroatoms. The SMILES string of the molecule is CC(C)Cc1ccc(C(=O)OCC(=O)N2CCN(c3ccccc3F)CC2)cc1. The van der Waals surface area contributed by atoms with E-state index in [4.69, 9.17) is 4.74 Å². The summed E-state index contributed by atoms with van der Waals surface area (Å²) in [5.41, 5.74) is 2.15. The first-order valence-electron chi connectivity index (χ1n) is 9.97. The predicted molar refractivity (Wildman–Crippen MR) is 110 cm³/mol. The summed E-state index contributed by atoms with van der Waals surface area (Å²) < 4.78 is 19.1. The Labute approximate surface area is 171 Å². The lowest BCUT2D eigenvalue weighted by molar-refractivity contribution is -0.134. The fraction of sp³-hybridized carbons (Fsp3) is 0.391. The molecule has 154 valence electrons. The molecule has 0 spiro atoms. The molecule has 29 heavy (non-hydrogen) atoms. The first-order valence-corrected chi connectivity index (χ1v) is 9.97. The van der Waals surface area contributed by atoms with Gasteiger partial charge in [0.15, 0.2) is 6.61 Å². The number of amides is 1. The van der Waals surface area contributed by atoms with E-state index in [1.165, 1.54) is 11.6 Å². The minimum Gasteiger partial charge on any atom is -0.452 e. The Morgan fingerprint density at radius 1 is 1.00 bits per heavy atom. The van der Waals surface area contributed by atoms with Crippen molar-refractivity contribution in [3.8, 4) is 0 Å². The highest BCUT2D eigenvalue weighted by molar-refractivity contribution is 5.91. The molecule has 1 heterocycles. The molecule has 0 aliphatic carbocycles. The Morgan fingerprint density at radius 2 is 1.66 bits per heavy atom. The summed E-state index contributed by atoms with van der Waals surface area (Å²) in [7, 11) is 0. The topological polar surface area (TPSA) is 49.9 Å². The van der Waals surface area contributed by atoms with E-state index in [0.717, 1.165) is 6.42 Å². The number of para-hydroxylation sites is 1. The van der Waals surface area contributed by atoms with Gasteiger partial charge in [-0.15, -0.1) is 0 Å². The highest BCUT2D eigenvalue weighted by Gasteiger charge is 2.23. The number of nitrogens with zero attached hydrogens (tertiary/aromatic N) is 2. The molecular formula is C23H27FN2O3. The number of benzene rings is 2. The third kappa shape index (κ3) is 5.56. The van der Waals surface area contributed by atoms with Crippen LogP contribution in [0.3, 0.4) is 0 Å². The zero-order valence-corrected chi connectivity index (χ0v) is 16.9. The summed E-state index contributed by atoms with van der Waals surface area (Å²) in [6, 6.07) is 13.9. The molecule has 0 N–H and O–H groups in total. The molecule has 1 fully saturated rings. The van der Waals surface area contributed by atoms with E-state index in [2.05, 4.69) is 13.8 Å². The lowest BCUT2D eigenvalue weighted by atomic mass is 10.0. The van der Waals surface area contributed by atoms with Gasteiger partial charge in [0.25, 0.3) is 5.91 Å². The maximum absolute atomic E-state index is 13.9. The average molecular weight is 398 g/mol. The summed E-state index contributed by atoms with van der Waals surface area (Å²) in [6.45, 7) is 6.01. The van der Waals surface area contributed by atoms with E-state index in [0.29, 0.717) is 43.3 Å². The number of halogens is 1. The van der Waals surface area contributed by atoms with Crippen LogP contribution in [0.25, 0.3) is 0 Å². The average Bonchev–Trinajstić information content (AvgIpc) is 2.72. The van der Waals surface area contributed by atoms with Crippen molar-refractivity contribution in [3.63, 3.8) is 0 Å². The van der Waals surface area contributed by atoms with Gasteiger partial charge >= 0.3 is 5.97 Å². The molecule has 1 saturated heterocycles. The Morgan fingerprint density at radius 3 is 2.28 bits per heavy atom. The lowest BCUT2D eigenvalue weighted by Gasteiger charge is -2.36. The van der Waals surface area contributed by atoms with Gasteiger partial charge in [0.1, 0.15) is 5.82 Å². The number of rotatable bonds is 6. The van der Waals surface area contributed by atoms with Gasteiger partial charge in [-0.2, -0.15) is 0 Å². The molecule has 1 amide bonds. The quantitative estimate of drug-likeness (QED) is 0.699. The molecule has 5 nitrogen and oxygen atoms in total. The molecule has 2 aromatic carbocycles. The third-order valence-corrected chi connectivity index (χ3v) is 4.99. The fourth-order valence-electron chi connectivity index (χ4n) is 3.46. The lowest BCUT2D eigenvalue weighted by Crippen LogP contribution is -2.50. The summed E-state index contributed by atoms with van der Waals surface area (Å²) in [5.74, 6) is -0.452. The van der Waals surface area contributed by atoms with E-state index in [-0.39, 0.29) is 18.3 Å². The van der Waals surface area contributed by atoms with Crippen molar-refractivity contribution in [1.82, 2.24) is 4.90 Å². The highest BCUT2D eigenvalue weighted by Crippen LogP contribution is 2.20. The minimum absolute atomic E-state index is 0.233. The maximum Gasteiger partial charge on any atom is 0.338 e. The van der Waals surface area contributed by atoms with Crippen molar-refractivity contribution in [3.05, 3.63) is 65.5 Å². The molecule has 0 atom stereocenters. The smallest absolute Gasteiger partial charge is 0.338 e. The van der Waals surface area contributed by atoms with Crippen LogP contribution < -0.4 is 4.90 Å². The van der Waals surface area contributed by atoms with Crippen LogP contribution in [-0.2, 0) is 16.0 Å². The number of ether oxygens (including phenoxy) is 1. The summed E-state index contributed by atoms with van der Waals surface area (Å²) in [5, 5.41) is 0. The number of hydrogen-bond donors (Lipinski definition) is 0. The van der Waals surface area contributed by atoms with E-state index in [1.54, 1.807) is 35.2 Å². The van der Waals surface area contributed by atoms with E-state index < -0.39 is 5.97 Å². The maximum atomic E-state index is 13.9. The van der Waals surface area contributed by atoms with Crippen molar-refractivity contribution in [2.24, 2.45) is 5.92 Å². The highest BCUT2D eigenvalue weighted by atomic mass is 19.1. The molecule has 0 saturated carbocycles. The van der Waals surface area contributed by atoms with Gasteiger partial charge in [-0.3, -0.25) is 4.79 Å². The zero-order chi connectivity index (χ0) is 20.8. The van der Waals surface area contributed by atoms with Gasteiger partial charge in [0, 0.05) is 26.2 Å². The molecule has 1 aliphatic heterocycles. The van der Waals surface area contributed by atoms with Gasteiger partial charge in [0.2, 0.25) is 0 Å². The van der Waals surface area contributed by atoms with Crippen molar-refractivity contribution >= 4 is 17.6 Å². The second-order valence-corrected chi connectivity index (χ2v) is 7.69. The van der Waals surface area contributed by atoms with Crippen molar-refractivity contribution in [2.45, 2.75) is 20.3 Å². The van der Waals surface area contributed by atoms with Gasteiger partial charge in [-0.25, -0.2) is 9.18 Å². The molecule has 2 aromatic rings. The van der Waals surface area contributed by atoms with Crippen LogP contribution in [0.5, 0.6) is 0 Å². The summed E-state index contributed by atoms with van der Waals surface area (Å²) in [6.07, 6.45) is 0.951. The van der Waals surface area contributed by atoms with Crippen molar-refractivity contribution < 1.29 is 18.7 Å². The molecule has 0 bridgehead atoms. The van der Waals surface area contributed by atoms with Crippen LogP contribution in [0.4, 0.5) is 10.1 Å². The van der Waals surface area contributed by atoms with E-state index in [1.807, 2.05) is 17.0 Å². The Hall–Kier alpha value is -2.89. The Bertz CT molecular complexity index is 843. The molecule has 3 rings (SSSR count). The second-order valence-electron chi connectivity index (χ2n) is 7.69. The van der Waals surface area contributed by atoms with E-state index >= 15 is 0 Å². The first kappa shape index (κ1) is 20.8. The van der Waals surface area contributed by atoms with Crippen LogP contribution in [0.2, 0.25) is 0 Å². The molecular weight excluding hydrogens is 371 g/mol. The Balaban J connectivity index is 1.46. The number of hydrogen-bond acceptors (Lipinski definition) is 4. The van der Waals surface area contributed by atoms with Crippen molar-refractivity contribution in [2.75, 3.05) is 37.7 Å². The molecule has 0 aromatic heterocycles. The zero-order valence-electron chi connectivity index (χ0n) is 16.9. The largest absolute Gasteiger partial charge is 0.452 e. The predicted octanol–water partition coefficient (Wildman–Crippen LogP) is 3.53. The second kappa shape index (κ2) is 9.54. The number of carbonyl (C=O) groups is 2. The van der Waals surface area contributed by atoms with Gasteiger partial charge in [-0.05, 0) is 42.2 Å². The third-order valence-electron chi connectivity index (χ3n) is 4.99. The fourth-order valence-corrected chi connectivity index (χ4v) is 3.46. The number of carbonyl (C=O) groups excluding carboxylic acids is 2. The van der Waals surface area contributed by atoms with Crippen LogP contribution in [-0.4, -0.2) is 49.6 Å². The Kier molecular flexibility index (Phi) is 6.86. The summed E-state index contributed by atoms with van der Waals surface area (Å²) >= 11 is 0. The van der Waals surface area contributed by atoms with Crippen LogP contribution in [0.1, 0.15) is 29.8 Å². The molecule has 0 radical (unpaired) electrons. The minimum atomic E-state index is -0.501. The van der Waals surface area contributed by atoms with Crippen LogP contribution in [0, 0.1) is 11.7 Å². The van der Waals surface area contributed by atoms with Crippen LogP contribution in [0.15, 0.2) is 48.5 Å². The normalized spacial score (nSPS) is 14.2. The molecule has 1 aliphatic rings. The van der Waals surface area contributed by atoms with Crippen molar-refractivity contribution in [1.29, 1.82) is 0 Å². The van der Waals surface area contributed by atoms with Crippen LogP contribution >= 0.6 is 0 Å². The first-order chi connectivity index (χ1) is 13.9. The van der Waals surface area contributed by atoms with Gasteiger partial charge in [-0.1, -0.05) is 38.1 Å². The van der Waals surface area contributed by atoms with Gasteiger partial charge < -0.3 is 14.5 Å². The van der Waals surface area contributed by atoms with Gasteiger partial charge in [0.05, 0.1) is 11.3 Å².